The third-order valence-electron chi connectivity index (χ3n) is 4.38. The summed E-state index contributed by atoms with van der Waals surface area (Å²) in [5.41, 5.74) is 1.17. The van der Waals surface area contributed by atoms with Gasteiger partial charge in [0.25, 0.3) is 0 Å². The van der Waals surface area contributed by atoms with Crippen molar-refractivity contribution in [2.75, 3.05) is 0 Å². The summed E-state index contributed by atoms with van der Waals surface area (Å²) >= 11 is 0. The first kappa shape index (κ1) is 18.7. The topological polar surface area (TPSA) is 51.8 Å². The summed E-state index contributed by atoms with van der Waals surface area (Å²) in [6, 6.07) is 15.3. The van der Waals surface area contributed by atoms with Crippen LogP contribution in [0.4, 0.5) is 13.2 Å². The normalized spacial score (nSPS) is 15.5. The van der Waals surface area contributed by atoms with Crippen LogP contribution in [0.15, 0.2) is 75.8 Å². The lowest BCUT2D eigenvalue weighted by Crippen LogP contribution is -2.06. The number of esters is 1. The second-order valence-electron chi connectivity index (χ2n) is 6.43. The predicted molar refractivity (Wildman–Crippen MR) is 101 cm³/mol. The molecular weight excluding hydrogens is 383 g/mol. The molecule has 29 heavy (non-hydrogen) atoms. The molecule has 2 aromatic carbocycles. The summed E-state index contributed by atoms with van der Waals surface area (Å²) in [5, 5.41) is 0. The molecule has 1 aliphatic rings. The van der Waals surface area contributed by atoms with Crippen molar-refractivity contribution in [1.29, 1.82) is 0 Å². The van der Waals surface area contributed by atoms with Gasteiger partial charge in [0.1, 0.15) is 11.5 Å². The van der Waals surface area contributed by atoms with Gasteiger partial charge in [-0.3, -0.25) is 0 Å². The van der Waals surface area contributed by atoms with Gasteiger partial charge in [0, 0.05) is 17.2 Å². The van der Waals surface area contributed by atoms with Gasteiger partial charge in [0.2, 0.25) is 5.90 Å². The highest BCUT2D eigenvalue weighted by Crippen LogP contribution is 2.33. The SMILES string of the molecule is Cc1ccccc1C1=N/C(=C\c2ccc(-c3cccc(C(F)(F)F)c3)o2)C(=O)O1. The zero-order chi connectivity index (χ0) is 20.6. The van der Waals surface area contributed by atoms with Crippen molar-refractivity contribution in [3.63, 3.8) is 0 Å². The Morgan fingerprint density at radius 2 is 1.79 bits per heavy atom. The number of benzene rings is 2. The van der Waals surface area contributed by atoms with Crippen LogP contribution in [-0.4, -0.2) is 11.9 Å². The van der Waals surface area contributed by atoms with Crippen LogP contribution in [0.2, 0.25) is 0 Å². The van der Waals surface area contributed by atoms with Crippen molar-refractivity contribution in [2.45, 2.75) is 13.1 Å². The lowest BCUT2D eigenvalue weighted by Gasteiger charge is -2.07. The molecular formula is C22H14F3NO3. The molecule has 0 amide bonds. The summed E-state index contributed by atoms with van der Waals surface area (Å²) < 4.78 is 49.5. The third kappa shape index (κ3) is 3.85. The zero-order valence-electron chi connectivity index (χ0n) is 15.2. The van der Waals surface area contributed by atoms with Gasteiger partial charge in [0.15, 0.2) is 5.70 Å². The third-order valence-corrected chi connectivity index (χ3v) is 4.38. The Balaban J connectivity index is 1.63. The number of aliphatic imine (C=N–C) groups is 1. The molecule has 1 aliphatic heterocycles. The van der Waals surface area contributed by atoms with Gasteiger partial charge >= 0.3 is 12.1 Å². The fraction of sp³-hybridized carbons (Fsp3) is 0.0909. The van der Waals surface area contributed by atoms with E-state index in [-0.39, 0.29) is 28.7 Å². The van der Waals surface area contributed by atoms with Crippen molar-refractivity contribution < 1.29 is 27.1 Å². The Bertz CT molecular complexity index is 1160. The lowest BCUT2D eigenvalue weighted by atomic mass is 10.1. The van der Waals surface area contributed by atoms with E-state index in [4.69, 9.17) is 9.15 Å². The number of carbonyl (C=O) groups excluding carboxylic acids is 1. The highest BCUT2D eigenvalue weighted by Gasteiger charge is 2.30. The van der Waals surface area contributed by atoms with Crippen molar-refractivity contribution in [1.82, 2.24) is 0 Å². The smallest absolute Gasteiger partial charge is 0.416 e. The first-order valence-corrected chi connectivity index (χ1v) is 8.67. The Morgan fingerprint density at radius 1 is 1.00 bits per heavy atom. The number of ether oxygens (including phenoxy) is 1. The molecule has 3 aromatic rings. The van der Waals surface area contributed by atoms with E-state index in [0.29, 0.717) is 5.56 Å². The molecule has 0 N–H and O–H groups in total. The van der Waals surface area contributed by atoms with Gasteiger partial charge in [0.05, 0.1) is 5.56 Å². The van der Waals surface area contributed by atoms with Crippen molar-refractivity contribution >= 4 is 17.9 Å². The number of hydrogen-bond donors (Lipinski definition) is 0. The van der Waals surface area contributed by atoms with Gasteiger partial charge in [-0.25, -0.2) is 9.79 Å². The van der Waals surface area contributed by atoms with Gasteiger partial charge in [-0.2, -0.15) is 13.2 Å². The maximum Gasteiger partial charge on any atom is 0.416 e. The molecule has 0 bridgehead atoms. The van der Waals surface area contributed by atoms with Crippen LogP contribution in [0.5, 0.6) is 0 Å². The van der Waals surface area contributed by atoms with Gasteiger partial charge in [-0.15, -0.1) is 0 Å². The Hall–Kier alpha value is -3.61. The van der Waals surface area contributed by atoms with Crippen LogP contribution < -0.4 is 0 Å². The fourth-order valence-corrected chi connectivity index (χ4v) is 2.91. The Labute approximate surface area is 164 Å². The maximum atomic E-state index is 12.9. The summed E-state index contributed by atoms with van der Waals surface area (Å²) in [6.45, 7) is 1.88. The number of rotatable bonds is 3. The number of furan rings is 1. The Morgan fingerprint density at radius 3 is 2.55 bits per heavy atom. The summed E-state index contributed by atoms with van der Waals surface area (Å²) in [6.07, 6.45) is -3.05. The molecule has 0 unspecified atom stereocenters. The number of cyclic esters (lactones) is 1. The quantitative estimate of drug-likeness (QED) is 0.426. The fourth-order valence-electron chi connectivity index (χ4n) is 2.91. The van der Waals surface area contributed by atoms with Crippen molar-refractivity contribution in [3.8, 4) is 11.3 Å². The average Bonchev–Trinajstić information content (AvgIpc) is 3.29. The van der Waals surface area contributed by atoms with E-state index >= 15 is 0 Å². The highest BCUT2D eigenvalue weighted by molar-refractivity contribution is 6.13. The minimum atomic E-state index is -4.44. The van der Waals surface area contributed by atoms with Crippen molar-refractivity contribution in [3.05, 3.63) is 88.8 Å². The first-order valence-electron chi connectivity index (χ1n) is 8.67. The van der Waals surface area contributed by atoms with Crippen LogP contribution in [-0.2, 0) is 15.7 Å². The summed E-state index contributed by atoms with van der Waals surface area (Å²) in [4.78, 5) is 16.4. The standard InChI is InChI=1S/C22H14F3NO3/c1-13-5-2-3-8-17(13)20-26-18(21(27)29-20)12-16-9-10-19(28-16)14-6-4-7-15(11-14)22(23,24)25/h2-12H,1H3/b18-12-. The molecule has 7 heteroatoms. The van der Waals surface area contributed by atoms with E-state index in [1.54, 1.807) is 12.1 Å². The molecule has 0 aliphatic carbocycles. The van der Waals surface area contributed by atoms with Crippen molar-refractivity contribution in [2.24, 2.45) is 4.99 Å². The number of nitrogens with zero attached hydrogens (tertiary/aromatic N) is 1. The number of halogens is 3. The monoisotopic (exact) mass is 397 g/mol. The van der Waals surface area contributed by atoms with Crippen LogP contribution in [0, 0.1) is 6.92 Å². The molecule has 0 fully saturated rings. The minimum Gasteiger partial charge on any atom is -0.457 e. The highest BCUT2D eigenvalue weighted by atomic mass is 19.4. The number of alkyl halides is 3. The number of hydrogen-bond acceptors (Lipinski definition) is 4. The van der Waals surface area contributed by atoms with E-state index in [2.05, 4.69) is 4.99 Å². The second-order valence-corrected chi connectivity index (χ2v) is 6.43. The molecule has 0 atom stereocenters. The molecule has 0 radical (unpaired) electrons. The van der Waals surface area contributed by atoms with E-state index in [0.717, 1.165) is 17.7 Å². The molecule has 4 rings (SSSR count). The van der Waals surface area contributed by atoms with E-state index in [1.165, 1.54) is 24.3 Å². The van der Waals surface area contributed by atoms with Gasteiger partial charge < -0.3 is 9.15 Å². The van der Waals surface area contributed by atoms with E-state index in [1.807, 2.05) is 25.1 Å². The number of aryl methyl sites for hydroxylation is 1. The summed E-state index contributed by atoms with van der Waals surface area (Å²) in [7, 11) is 0. The molecule has 0 spiro atoms. The molecule has 2 heterocycles. The molecule has 0 saturated carbocycles. The van der Waals surface area contributed by atoms with Crippen LogP contribution >= 0.6 is 0 Å². The largest absolute Gasteiger partial charge is 0.457 e. The molecule has 4 nitrogen and oxygen atoms in total. The van der Waals surface area contributed by atoms with E-state index < -0.39 is 17.7 Å². The molecule has 146 valence electrons. The van der Waals surface area contributed by atoms with Crippen LogP contribution in [0.25, 0.3) is 17.4 Å². The predicted octanol–water partition coefficient (Wildman–Crippen LogP) is 5.62. The van der Waals surface area contributed by atoms with Crippen LogP contribution in [0.1, 0.15) is 22.5 Å². The molecule has 0 saturated heterocycles. The lowest BCUT2D eigenvalue weighted by molar-refractivity contribution is -0.137. The summed E-state index contributed by atoms with van der Waals surface area (Å²) in [5.74, 6) is 0.0980. The van der Waals surface area contributed by atoms with E-state index in [9.17, 15) is 18.0 Å². The average molecular weight is 397 g/mol. The van der Waals surface area contributed by atoms with Gasteiger partial charge in [-0.1, -0.05) is 30.3 Å². The zero-order valence-corrected chi connectivity index (χ0v) is 15.2. The van der Waals surface area contributed by atoms with Gasteiger partial charge in [-0.05, 0) is 42.8 Å². The Kier molecular flexibility index (Phi) is 4.58. The van der Waals surface area contributed by atoms with Crippen LogP contribution in [0.3, 0.4) is 0 Å². The number of carbonyl (C=O) groups is 1. The maximum absolute atomic E-state index is 12.9. The minimum absolute atomic E-state index is 0.0493. The molecule has 1 aromatic heterocycles. The second kappa shape index (κ2) is 7.09. The first-order chi connectivity index (χ1) is 13.8.